The summed E-state index contributed by atoms with van der Waals surface area (Å²) in [7, 11) is 3.48. The van der Waals surface area contributed by atoms with Crippen molar-refractivity contribution in [2.45, 2.75) is 6.54 Å². The van der Waals surface area contributed by atoms with Crippen molar-refractivity contribution in [2.24, 2.45) is 7.05 Å². The highest BCUT2D eigenvalue weighted by Gasteiger charge is 2.08. The minimum absolute atomic E-state index is 0.0550. The number of hydrogen-bond donors (Lipinski definition) is 1. The van der Waals surface area contributed by atoms with E-state index in [0.717, 1.165) is 22.1 Å². The molecule has 2 aromatic heterocycles. The third kappa shape index (κ3) is 3.32. The lowest BCUT2D eigenvalue weighted by Gasteiger charge is -2.09. The fourth-order valence-corrected chi connectivity index (χ4v) is 3.31. The van der Waals surface area contributed by atoms with Gasteiger partial charge >= 0.3 is 0 Å². The Balaban J connectivity index is 1.69. The standard InChI is InChI=1S/C22H20N4O2/c1-23-21(27)18-5-3-4-15(10-18)13-26-9-8-17-11-16(6-7-20(17)22(26)28)19-12-24-25(2)14-19/h3-12,14H,13H2,1-2H3,(H,23,27). The average Bonchev–Trinajstić information content (AvgIpc) is 3.16. The number of nitrogens with one attached hydrogen (secondary N) is 1. The summed E-state index contributed by atoms with van der Waals surface area (Å²) in [6.07, 6.45) is 5.55. The minimum atomic E-state index is -0.143. The summed E-state index contributed by atoms with van der Waals surface area (Å²) >= 11 is 0. The van der Waals surface area contributed by atoms with Crippen molar-refractivity contribution < 1.29 is 4.79 Å². The number of amides is 1. The van der Waals surface area contributed by atoms with Gasteiger partial charge in [0.25, 0.3) is 11.5 Å². The first-order valence-corrected chi connectivity index (χ1v) is 8.98. The Bertz CT molecular complexity index is 1240. The number of benzene rings is 2. The lowest BCUT2D eigenvalue weighted by atomic mass is 10.0. The zero-order chi connectivity index (χ0) is 19.7. The summed E-state index contributed by atoms with van der Waals surface area (Å²) in [6, 6.07) is 15.0. The molecule has 1 N–H and O–H groups in total. The van der Waals surface area contributed by atoms with E-state index in [1.807, 2.05) is 55.8 Å². The highest BCUT2D eigenvalue weighted by molar-refractivity contribution is 5.94. The molecule has 140 valence electrons. The molecule has 0 fully saturated rings. The smallest absolute Gasteiger partial charge is 0.258 e. The van der Waals surface area contributed by atoms with Crippen LogP contribution < -0.4 is 10.9 Å². The molecule has 6 heteroatoms. The lowest BCUT2D eigenvalue weighted by Crippen LogP contribution is -2.21. The predicted molar refractivity (Wildman–Crippen MR) is 109 cm³/mol. The number of aryl methyl sites for hydroxylation is 1. The van der Waals surface area contributed by atoms with Crippen LogP contribution in [0.25, 0.3) is 21.9 Å². The molecule has 4 rings (SSSR count). The molecule has 2 aromatic carbocycles. The van der Waals surface area contributed by atoms with E-state index in [2.05, 4.69) is 10.4 Å². The van der Waals surface area contributed by atoms with Gasteiger partial charge in [-0.3, -0.25) is 14.3 Å². The van der Waals surface area contributed by atoms with Gasteiger partial charge in [-0.2, -0.15) is 5.10 Å². The molecule has 1 amide bonds. The van der Waals surface area contributed by atoms with E-state index in [0.29, 0.717) is 17.5 Å². The predicted octanol–water partition coefficient (Wildman–Crippen LogP) is 2.81. The lowest BCUT2D eigenvalue weighted by molar-refractivity contribution is 0.0963. The van der Waals surface area contributed by atoms with Crippen LogP contribution in [-0.2, 0) is 13.6 Å². The molecule has 6 nitrogen and oxygen atoms in total. The number of hydrogen-bond acceptors (Lipinski definition) is 3. The fraction of sp³-hybridized carbons (Fsp3) is 0.136. The minimum Gasteiger partial charge on any atom is -0.355 e. The molecular weight excluding hydrogens is 352 g/mol. The number of fused-ring (bicyclic) bond motifs is 1. The number of pyridine rings is 1. The van der Waals surface area contributed by atoms with Crippen LogP contribution in [0, 0.1) is 0 Å². The molecule has 0 unspecified atom stereocenters. The van der Waals surface area contributed by atoms with Crippen molar-refractivity contribution in [1.29, 1.82) is 0 Å². The Kier molecular flexibility index (Phi) is 4.53. The largest absolute Gasteiger partial charge is 0.355 e. The fourth-order valence-electron chi connectivity index (χ4n) is 3.31. The second-order valence-corrected chi connectivity index (χ2v) is 6.73. The molecule has 0 bridgehead atoms. The van der Waals surface area contributed by atoms with Gasteiger partial charge in [0.2, 0.25) is 0 Å². The Hall–Kier alpha value is -3.67. The molecule has 0 spiro atoms. The van der Waals surface area contributed by atoms with Gasteiger partial charge < -0.3 is 9.88 Å². The second kappa shape index (κ2) is 7.15. The Labute approximate surface area is 162 Å². The van der Waals surface area contributed by atoms with E-state index < -0.39 is 0 Å². The van der Waals surface area contributed by atoms with Gasteiger partial charge in [0, 0.05) is 43.0 Å². The SMILES string of the molecule is CNC(=O)c1cccc(Cn2ccc3cc(-c4cnn(C)c4)ccc3c2=O)c1. The van der Waals surface area contributed by atoms with Crippen LogP contribution in [0.1, 0.15) is 15.9 Å². The van der Waals surface area contributed by atoms with Crippen molar-refractivity contribution in [2.75, 3.05) is 7.05 Å². The average molecular weight is 372 g/mol. The van der Waals surface area contributed by atoms with Gasteiger partial charge in [-0.25, -0.2) is 0 Å². The van der Waals surface area contributed by atoms with Crippen LogP contribution in [0.4, 0.5) is 0 Å². The zero-order valence-corrected chi connectivity index (χ0v) is 15.7. The number of carbonyl (C=O) groups excluding carboxylic acids is 1. The van der Waals surface area contributed by atoms with Gasteiger partial charge in [-0.1, -0.05) is 18.2 Å². The van der Waals surface area contributed by atoms with Crippen LogP contribution in [0.3, 0.4) is 0 Å². The Morgan fingerprint density at radius 3 is 2.71 bits per heavy atom. The first kappa shape index (κ1) is 17.7. The molecule has 28 heavy (non-hydrogen) atoms. The van der Waals surface area contributed by atoms with Crippen molar-refractivity contribution in [3.63, 3.8) is 0 Å². The molecule has 4 aromatic rings. The molecule has 0 aliphatic heterocycles. The van der Waals surface area contributed by atoms with E-state index >= 15 is 0 Å². The maximum absolute atomic E-state index is 12.9. The highest BCUT2D eigenvalue weighted by atomic mass is 16.1. The van der Waals surface area contributed by atoms with E-state index in [1.54, 1.807) is 34.6 Å². The molecule has 0 saturated heterocycles. The highest BCUT2D eigenvalue weighted by Crippen LogP contribution is 2.22. The molecule has 0 aliphatic carbocycles. The van der Waals surface area contributed by atoms with Gasteiger partial charge in [0.1, 0.15) is 0 Å². The molecule has 0 radical (unpaired) electrons. The first-order chi connectivity index (χ1) is 13.5. The van der Waals surface area contributed by atoms with E-state index in [4.69, 9.17) is 0 Å². The molecular formula is C22H20N4O2. The summed E-state index contributed by atoms with van der Waals surface area (Å²) < 4.78 is 3.42. The second-order valence-electron chi connectivity index (χ2n) is 6.73. The van der Waals surface area contributed by atoms with Crippen LogP contribution in [-0.4, -0.2) is 27.3 Å². The topological polar surface area (TPSA) is 68.9 Å². The van der Waals surface area contributed by atoms with Gasteiger partial charge in [-0.15, -0.1) is 0 Å². The third-order valence-electron chi connectivity index (χ3n) is 4.78. The third-order valence-corrected chi connectivity index (χ3v) is 4.78. The number of nitrogens with zero attached hydrogens (tertiary/aromatic N) is 3. The zero-order valence-electron chi connectivity index (χ0n) is 15.7. The summed E-state index contributed by atoms with van der Waals surface area (Å²) in [5.41, 5.74) is 3.46. The maximum Gasteiger partial charge on any atom is 0.258 e. The van der Waals surface area contributed by atoms with Crippen LogP contribution in [0.5, 0.6) is 0 Å². The molecule has 0 atom stereocenters. The van der Waals surface area contributed by atoms with Crippen molar-refractivity contribution in [1.82, 2.24) is 19.7 Å². The van der Waals surface area contributed by atoms with Gasteiger partial charge in [0.05, 0.1) is 12.7 Å². The summed E-state index contributed by atoms with van der Waals surface area (Å²) in [4.78, 5) is 24.8. The summed E-state index contributed by atoms with van der Waals surface area (Å²) in [5.74, 6) is -0.143. The molecule has 0 saturated carbocycles. The number of rotatable bonds is 4. The first-order valence-electron chi connectivity index (χ1n) is 8.98. The quantitative estimate of drug-likeness (QED) is 0.599. The van der Waals surface area contributed by atoms with Crippen molar-refractivity contribution in [3.8, 4) is 11.1 Å². The number of aromatic nitrogens is 3. The molecule has 2 heterocycles. The normalized spacial score (nSPS) is 10.9. The molecule has 0 aliphatic rings. The van der Waals surface area contributed by atoms with E-state index in [9.17, 15) is 9.59 Å². The van der Waals surface area contributed by atoms with Crippen LogP contribution >= 0.6 is 0 Å². The van der Waals surface area contributed by atoms with Crippen LogP contribution in [0.2, 0.25) is 0 Å². The summed E-state index contributed by atoms with van der Waals surface area (Å²) in [6.45, 7) is 0.407. The van der Waals surface area contributed by atoms with Crippen molar-refractivity contribution >= 4 is 16.7 Å². The monoisotopic (exact) mass is 372 g/mol. The van der Waals surface area contributed by atoms with Crippen molar-refractivity contribution in [3.05, 3.63) is 88.6 Å². The summed E-state index contributed by atoms with van der Waals surface area (Å²) in [5, 5.41) is 8.37. The maximum atomic E-state index is 12.9. The Morgan fingerprint density at radius 2 is 1.96 bits per heavy atom. The Morgan fingerprint density at radius 1 is 1.11 bits per heavy atom. The van der Waals surface area contributed by atoms with Crippen LogP contribution in [0.15, 0.2) is 71.9 Å². The van der Waals surface area contributed by atoms with E-state index in [-0.39, 0.29) is 11.5 Å². The van der Waals surface area contributed by atoms with Gasteiger partial charge in [0.15, 0.2) is 0 Å². The van der Waals surface area contributed by atoms with E-state index in [1.165, 1.54) is 0 Å². The number of carbonyl (C=O) groups is 1. The van der Waals surface area contributed by atoms with Gasteiger partial charge in [-0.05, 0) is 46.8 Å².